The van der Waals surface area contributed by atoms with Crippen LogP contribution in [-0.4, -0.2) is 61.5 Å². The van der Waals surface area contributed by atoms with Gasteiger partial charge in [-0.1, -0.05) is 0 Å². The molecule has 2 amide bonds. The summed E-state index contributed by atoms with van der Waals surface area (Å²) in [4.78, 5) is 26.8. The summed E-state index contributed by atoms with van der Waals surface area (Å²) in [5, 5.41) is 0. The molecule has 21 heavy (non-hydrogen) atoms. The second-order valence-electron chi connectivity index (χ2n) is 5.24. The Morgan fingerprint density at radius 1 is 1.10 bits per heavy atom. The van der Waals surface area contributed by atoms with E-state index in [1.54, 1.807) is 15.9 Å². The Hall–Kier alpha value is -2.24. The Kier molecular flexibility index (Phi) is 3.68. The molecule has 112 valence electrons. The first-order chi connectivity index (χ1) is 10.2. The van der Waals surface area contributed by atoms with Gasteiger partial charge in [-0.2, -0.15) is 0 Å². The molecule has 2 heterocycles. The first-order valence-electron chi connectivity index (χ1n) is 7.08. The fourth-order valence-corrected chi connectivity index (χ4v) is 2.62. The number of benzene rings is 1. The molecule has 0 bridgehead atoms. The zero-order valence-electron chi connectivity index (χ0n) is 12.0. The van der Waals surface area contributed by atoms with Crippen LogP contribution in [0.5, 0.6) is 11.5 Å². The predicted molar refractivity (Wildman–Crippen MR) is 75.7 cm³/mol. The quantitative estimate of drug-likeness (QED) is 0.752. The zero-order chi connectivity index (χ0) is 14.8. The molecule has 0 aliphatic carbocycles. The maximum absolute atomic E-state index is 12.6. The molecular weight excluding hydrogens is 272 g/mol. The molecule has 2 aliphatic heterocycles. The van der Waals surface area contributed by atoms with Gasteiger partial charge in [0.25, 0.3) is 5.91 Å². The largest absolute Gasteiger partial charge is 0.486 e. The van der Waals surface area contributed by atoms with Gasteiger partial charge >= 0.3 is 0 Å². The zero-order valence-corrected chi connectivity index (χ0v) is 12.0. The van der Waals surface area contributed by atoms with E-state index in [1.807, 2.05) is 13.0 Å². The highest BCUT2D eigenvalue weighted by atomic mass is 16.6. The third kappa shape index (κ3) is 2.66. The van der Waals surface area contributed by atoms with E-state index in [0.717, 1.165) is 12.0 Å². The van der Waals surface area contributed by atoms with Crippen LogP contribution in [0.25, 0.3) is 0 Å². The summed E-state index contributed by atoms with van der Waals surface area (Å²) in [7, 11) is 0. The average molecular weight is 290 g/mol. The lowest BCUT2D eigenvalue weighted by molar-refractivity contribution is -0.119. The van der Waals surface area contributed by atoms with Crippen LogP contribution in [0.4, 0.5) is 0 Å². The number of hydrogen-bond acceptors (Lipinski definition) is 4. The first-order valence-corrected chi connectivity index (χ1v) is 7.08. The third-order valence-electron chi connectivity index (χ3n) is 3.87. The molecule has 0 aromatic heterocycles. The van der Waals surface area contributed by atoms with E-state index in [4.69, 9.17) is 9.47 Å². The highest BCUT2D eigenvalue weighted by molar-refractivity contribution is 5.96. The summed E-state index contributed by atoms with van der Waals surface area (Å²) in [6, 6.07) is 3.61. The second kappa shape index (κ2) is 5.63. The molecule has 1 aromatic rings. The number of hydrogen-bond donors (Lipinski definition) is 0. The average Bonchev–Trinajstić information content (AvgIpc) is 2.53. The lowest BCUT2D eigenvalue weighted by Gasteiger charge is -2.33. The fraction of sp³-hybridized carbons (Fsp3) is 0.467. The number of fused-ring (bicyclic) bond motifs is 1. The summed E-state index contributed by atoms with van der Waals surface area (Å²) < 4.78 is 11.1. The van der Waals surface area contributed by atoms with Crippen LogP contribution in [0, 0.1) is 6.92 Å². The molecule has 0 unspecified atom stereocenters. The van der Waals surface area contributed by atoms with Gasteiger partial charge in [0.15, 0.2) is 11.5 Å². The minimum atomic E-state index is -0.0185. The monoisotopic (exact) mass is 290 g/mol. The molecule has 6 nitrogen and oxygen atoms in total. The summed E-state index contributed by atoms with van der Waals surface area (Å²) in [5.74, 6) is 1.30. The maximum Gasteiger partial charge on any atom is 0.254 e. The molecule has 0 saturated carbocycles. The van der Waals surface area contributed by atoms with Gasteiger partial charge in [0.05, 0.1) is 0 Å². The SMILES string of the molecule is Cc1cc2c(cc1C(=O)N1CCN(C=O)CC1)OCCO2. The summed E-state index contributed by atoms with van der Waals surface area (Å²) in [6.07, 6.45) is 0.830. The number of aryl methyl sites for hydroxylation is 1. The molecular formula is C15H18N2O4. The van der Waals surface area contributed by atoms with Crippen LogP contribution in [0.15, 0.2) is 12.1 Å². The standard InChI is InChI=1S/C15H18N2O4/c1-11-8-13-14(21-7-6-20-13)9-12(11)15(19)17-4-2-16(10-18)3-5-17/h8-10H,2-7H2,1H3. The molecule has 0 radical (unpaired) electrons. The van der Waals surface area contributed by atoms with E-state index in [2.05, 4.69) is 0 Å². The summed E-state index contributed by atoms with van der Waals surface area (Å²) >= 11 is 0. The second-order valence-corrected chi connectivity index (χ2v) is 5.24. The summed E-state index contributed by atoms with van der Waals surface area (Å²) in [6.45, 7) is 5.22. The van der Waals surface area contributed by atoms with E-state index in [-0.39, 0.29) is 5.91 Å². The number of piperazine rings is 1. The minimum Gasteiger partial charge on any atom is -0.486 e. The van der Waals surface area contributed by atoms with E-state index >= 15 is 0 Å². The topological polar surface area (TPSA) is 59.1 Å². The van der Waals surface area contributed by atoms with Crippen LogP contribution in [0.1, 0.15) is 15.9 Å². The number of rotatable bonds is 2. The van der Waals surface area contributed by atoms with Crippen LogP contribution in [0.2, 0.25) is 0 Å². The van der Waals surface area contributed by atoms with Gasteiger partial charge in [-0.25, -0.2) is 0 Å². The van der Waals surface area contributed by atoms with Gasteiger partial charge < -0.3 is 19.3 Å². The van der Waals surface area contributed by atoms with E-state index < -0.39 is 0 Å². The Balaban J connectivity index is 1.80. The molecule has 1 aromatic carbocycles. The van der Waals surface area contributed by atoms with Crippen molar-refractivity contribution in [3.05, 3.63) is 23.3 Å². The number of carbonyl (C=O) groups is 2. The van der Waals surface area contributed by atoms with Crippen molar-refractivity contribution in [3.8, 4) is 11.5 Å². The van der Waals surface area contributed by atoms with Crippen LogP contribution < -0.4 is 9.47 Å². The van der Waals surface area contributed by atoms with E-state index in [1.165, 1.54) is 0 Å². The van der Waals surface area contributed by atoms with Gasteiger partial charge in [-0.05, 0) is 24.6 Å². The number of nitrogens with zero attached hydrogens (tertiary/aromatic N) is 2. The molecule has 2 aliphatic rings. The van der Waals surface area contributed by atoms with Crippen molar-refractivity contribution in [2.75, 3.05) is 39.4 Å². The lowest BCUT2D eigenvalue weighted by atomic mass is 10.1. The Labute approximate surface area is 123 Å². The fourth-order valence-electron chi connectivity index (χ4n) is 2.62. The van der Waals surface area contributed by atoms with Crippen molar-refractivity contribution >= 4 is 12.3 Å². The number of amides is 2. The normalized spacial score (nSPS) is 17.6. The Bertz CT molecular complexity index is 565. The van der Waals surface area contributed by atoms with Crippen LogP contribution in [0.3, 0.4) is 0 Å². The molecule has 0 spiro atoms. The minimum absolute atomic E-state index is 0.0185. The van der Waals surface area contributed by atoms with Gasteiger partial charge in [0.2, 0.25) is 6.41 Å². The highest BCUT2D eigenvalue weighted by Gasteiger charge is 2.24. The van der Waals surface area contributed by atoms with Crippen molar-refractivity contribution in [2.24, 2.45) is 0 Å². The Morgan fingerprint density at radius 2 is 1.71 bits per heavy atom. The van der Waals surface area contributed by atoms with E-state index in [9.17, 15) is 9.59 Å². The van der Waals surface area contributed by atoms with Crippen LogP contribution in [-0.2, 0) is 4.79 Å². The number of ether oxygens (including phenoxy) is 2. The molecule has 1 saturated heterocycles. The predicted octanol–water partition coefficient (Wildman–Crippen LogP) is 0.680. The van der Waals surface area contributed by atoms with Crippen molar-refractivity contribution in [3.63, 3.8) is 0 Å². The van der Waals surface area contributed by atoms with Crippen molar-refractivity contribution in [1.82, 2.24) is 9.80 Å². The number of carbonyl (C=O) groups excluding carboxylic acids is 2. The molecule has 0 atom stereocenters. The first kappa shape index (κ1) is 13.7. The van der Waals surface area contributed by atoms with Gasteiger partial charge in [0.1, 0.15) is 13.2 Å². The van der Waals surface area contributed by atoms with Crippen molar-refractivity contribution < 1.29 is 19.1 Å². The van der Waals surface area contributed by atoms with Gasteiger partial charge in [0, 0.05) is 31.7 Å². The Morgan fingerprint density at radius 3 is 2.33 bits per heavy atom. The molecule has 6 heteroatoms. The maximum atomic E-state index is 12.6. The smallest absolute Gasteiger partial charge is 0.254 e. The highest BCUT2D eigenvalue weighted by Crippen LogP contribution is 2.33. The van der Waals surface area contributed by atoms with Gasteiger partial charge in [-0.3, -0.25) is 9.59 Å². The molecule has 1 fully saturated rings. The van der Waals surface area contributed by atoms with Crippen molar-refractivity contribution in [1.29, 1.82) is 0 Å². The van der Waals surface area contributed by atoms with Gasteiger partial charge in [-0.15, -0.1) is 0 Å². The lowest BCUT2D eigenvalue weighted by Crippen LogP contribution is -2.48. The van der Waals surface area contributed by atoms with E-state index in [0.29, 0.717) is 56.5 Å². The molecule has 0 N–H and O–H groups in total. The van der Waals surface area contributed by atoms with Crippen molar-refractivity contribution in [2.45, 2.75) is 6.92 Å². The van der Waals surface area contributed by atoms with Crippen LogP contribution >= 0.6 is 0 Å². The summed E-state index contributed by atoms with van der Waals surface area (Å²) in [5.41, 5.74) is 1.51. The third-order valence-corrected chi connectivity index (χ3v) is 3.87. The molecule has 3 rings (SSSR count).